The van der Waals surface area contributed by atoms with E-state index >= 15 is 0 Å². The van der Waals surface area contributed by atoms with Crippen LogP contribution >= 0.6 is 0 Å². The molecule has 7 heteroatoms. The van der Waals surface area contributed by atoms with Crippen LogP contribution in [0.2, 0.25) is 0 Å². The van der Waals surface area contributed by atoms with E-state index in [-0.39, 0.29) is 11.9 Å². The zero-order valence-corrected chi connectivity index (χ0v) is 21.3. The summed E-state index contributed by atoms with van der Waals surface area (Å²) in [5.74, 6) is 0.462. The molecule has 1 aliphatic heterocycles. The fourth-order valence-electron chi connectivity index (χ4n) is 5.15. The van der Waals surface area contributed by atoms with Crippen molar-refractivity contribution in [2.75, 3.05) is 31.1 Å². The standard InChI is InChI=1S/C31H29FN6/c1-23-28(22-38(35-23)27-14-12-26(32)13-15-27)29-16-17-33-31(34-29)37-20-18-36(19-21-37)30(24-8-4-2-5-9-24)25-10-6-3-7-11-25/h2-17,22,30H,18-21H2,1H3. The van der Waals surface area contributed by atoms with Gasteiger partial charge in [-0.05, 0) is 48.4 Å². The van der Waals surface area contributed by atoms with Gasteiger partial charge in [0.1, 0.15) is 5.82 Å². The number of benzene rings is 3. The van der Waals surface area contributed by atoms with Crippen molar-refractivity contribution in [3.05, 3.63) is 126 Å². The number of aryl methyl sites for hydroxylation is 1. The van der Waals surface area contributed by atoms with Gasteiger partial charge in [-0.1, -0.05) is 60.7 Å². The van der Waals surface area contributed by atoms with E-state index in [1.54, 1.807) is 16.8 Å². The Morgan fingerprint density at radius 1 is 0.763 bits per heavy atom. The first-order valence-electron chi connectivity index (χ1n) is 12.9. The highest BCUT2D eigenvalue weighted by molar-refractivity contribution is 5.62. The second-order valence-corrected chi connectivity index (χ2v) is 9.54. The molecule has 0 unspecified atom stereocenters. The van der Waals surface area contributed by atoms with Crippen molar-refractivity contribution in [1.82, 2.24) is 24.6 Å². The molecule has 0 aliphatic carbocycles. The highest BCUT2D eigenvalue weighted by Crippen LogP contribution is 2.30. The number of hydrogen-bond donors (Lipinski definition) is 0. The molecular formula is C31H29FN6. The van der Waals surface area contributed by atoms with Gasteiger partial charge in [0.05, 0.1) is 23.1 Å². The van der Waals surface area contributed by atoms with Crippen LogP contribution in [-0.2, 0) is 0 Å². The molecule has 3 aromatic carbocycles. The van der Waals surface area contributed by atoms with Crippen LogP contribution in [-0.4, -0.2) is 50.8 Å². The highest BCUT2D eigenvalue weighted by Gasteiger charge is 2.27. The summed E-state index contributed by atoms with van der Waals surface area (Å²) < 4.78 is 15.1. The summed E-state index contributed by atoms with van der Waals surface area (Å²) in [6, 6.07) is 29.9. The Labute approximate surface area is 222 Å². The van der Waals surface area contributed by atoms with Crippen molar-refractivity contribution >= 4 is 5.95 Å². The number of piperazine rings is 1. The maximum absolute atomic E-state index is 13.4. The molecule has 0 spiro atoms. The predicted octanol–water partition coefficient (Wildman–Crippen LogP) is 5.69. The van der Waals surface area contributed by atoms with E-state index in [0.717, 1.165) is 54.8 Å². The number of rotatable bonds is 6. The predicted molar refractivity (Wildman–Crippen MR) is 148 cm³/mol. The van der Waals surface area contributed by atoms with Crippen molar-refractivity contribution in [2.24, 2.45) is 0 Å². The lowest BCUT2D eigenvalue weighted by atomic mass is 9.96. The van der Waals surface area contributed by atoms with Gasteiger partial charge in [-0.15, -0.1) is 0 Å². The lowest BCUT2D eigenvalue weighted by Gasteiger charge is -2.39. The molecule has 0 amide bonds. The fourth-order valence-corrected chi connectivity index (χ4v) is 5.15. The Hall–Kier alpha value is -4.36. The minimum absolute atomic E-state index is 0.215. The zero-order chi connectivity index (χ0) is 25.9. The number of hydrogen-bond acceptors (Lipinski definition) is 5. The van der Waals surface area contributed by atoms with Crippen LogP contribution in [0, 0.1) is 12.7 Å². The minimum Gasteiger partial charge on any atom is -0.338 e. The minimum atomic E-state index is -0.266. The highest BCUT2D eigenvalue weighted by atomic mass is 19.1. The molecule has 3 heterocycles. The summed E-state index contributed by atoms with van der Waals surface area (Å²) in [5.41, 5.74) is 6.03. The van der Waals surface area contributed by atoms with Crippen LogP contribution in [0.1, 0.15) is 22.9 Å². The van der Waals surface area contributed by atoms with Crippen molar-refractivity contribution in [2.45, 2.75) is 13.0 Å². The monoisotopic (exact) mass is 504 g/mol. The van der Waals surface area contributed by atoms with Gasteiger partial charge in [-0.25, -0.2) is 19.0 Å². The van der Waals surface area contributed by atoms with E-state index in [4.69, 9.17) is 4.98 Å². The van der Waals surface area contributed by atoms with Crippen molar-refractivity contribution in [3.8, 4) is 16.9 Å². The van der Waals surface area contributed by atoms with Crippen LogP contribution in [0.3, 0.4) is 0 Å². The van der Waals surface area contributed by atoms with E-state index in [1.165, 1.54) is 23.3 Å². The van der Waals surface area contributed by atoms with Crippen LogP contribution in [0.15, 0.2) is 103 Å². The molecule has 1 aliphatic rings. The second kappa shape index (κ2) is 10.6. The number of halogens is 1. The number of aromatic nitrogens is 4. The maximum atomic E-state index is 13.4. The summed E-state index contributed by atoms with van der Waals surface area (Å²) in [6.45, 7) is 5.46. The number of anilines is 1. The van der Waals surface area contributed by atoms with Crippen molar-refractivity contribution in [1.29, 1.82) is 0 Å². The van der Waals surface area contributed by atoms with Crippen molar-refractivity contribution < 1.29 is 4.39 Å². The van der Waals surface area contributed by atoms with Crippen LogP contribution in [0.25, 0.3) is 16.9 Å². The smallest absolute Gasteiger partial charge is 0.225 e. The molecule has 190 valence electrons. The molecule has 1 fully saturated rings. The van der Waals surface area contributed by atoms with Gasteiger partial charge >= 0.3 is 0 Å². The van der Waals surface area contributed by atoms with E-state index in [0.29, 0.717) is 0 Å². The molecule has 0 saturated carbocycles. The SMILES string of the molecule is Cc1nn(-c2ccc(F)cc2)cc1-c1ccnc(N2CCN(C(c3ccccc3)c3ccccc3)CC2)n1. The third-order valence-electron chi connectivity index (χ3n) is 7.10. The fraction of sp³-hybridized carbons (Fsp3) is 0.194. The van der Waals surface area contributed by atoms with Gasteiger partial charge in [0.15, 0.2) is 0 Å². The third kappa shape index (κ3) is 4.93. The average molecular weight is 505 g/mol. The largest absolute Gasteiger partial charge is 0.338 e. The molecule has 6 rings (SSSR count). The van der Waals surface area contributed by atoms with E-state index in [1.807, 2.05) is 25.4 Å². The molecule has 6 nitrogen and oxygen atoms in total. The Morgan fingerprint density at radius 2 is 1.39 bits per heavy atom. The van der Waals surface area contributed by atoms with Crippen LogP contribution in [0.4, 0.5) is 10.3 Å². The summed E-state index contributed by atoms with van der Waals surface area (Å²) in [5, 5.41) is 4.63. The first-order valence-corrected chi connectivity index (χ1v) is 12.9. The van der Waals surface area contributed by atoms with Gasteiger partial charge < -0.3 is 4.90 Å². The first kappa shape index (κ1) is 24.0. The average Bonchev–Trinajstić information content (AvgIpc) is 3.37. The van der Waals surface area contributed by atoms with Gasteiger partial charge in [0.2, 0.25) is 5.95 Å². The van der Waals surface area contributed by atoms with Crippen LogP contribution < -0.4 is 4.90 Å². The molecule has 0 bridgehead atoms. The molecule has 0 N–H and O–H groups in total. The first-order chi connectivity index (χ1) is 18.7. The normalized spacial score (nSPS) is 14.2. The Balaban J connectivity index is 1.21. The zero-order valence-electron chi connectivity index (χ0n) is 21.3. The summed E-state index contributed by atoms with van der Waals surface area (Å²) in [7, 11) is 0. The van der Waals surface area contributed by atoms with Crippen molar-refractivity contribution in [3.63, 3.8) is 0 Å². The topological polar surface area (TPSA) is 50.1 Å². The lowest BCUT2D eigenvalue weighted by molar-refractivity contribution is 0.211. The third-order valence-corrected chi connectivity index (χ3v) is 7.10. The molecule has 0 atom stereocenters. The molecule has 38 heavy (non-hydrogen) atoms. The second-order valence-electron chi connectivity index (χ2n) is 9.54. The Kier molecular flexibility index (Phi) is 6.67. The Bertz CT molecular complexity index is 1450. The molecule has 0 radical (unpaired) electrons. The maximum Gasteiger partial charge on any atom is 0.225 e. The quantitative estimate of drug-likeness (QED) is 0.297. The summed E-state index contributed by atoms with van der Waals surface area (Å²) in [4.78, 5) is 14.3. The van der Waals surface area contributed by atoms with Gasteiger partial charge in [0, 0.05) is 44.1 Å². The van der Waals surface area contributed by atoms with Gasteiger partial charge in [-0.3, -0.25) is 4.90 Å². The molecule has 5 aromatic rings. The van der Waals surface area contributed by atoms with Crippen LogP contribution in [0.5, 0.6) is 0 Å². The van der Waals surface area contributed by atoms with E-state index in [9.17, 15) is 4.39 Å². The Morgan fingerprint density at radius 3 is 2.03 bits per heavy atom. The van der Waals surface area contributed by atoms with Gasteiger partial charge in [0.25, 0.3) is 0 Å². The van der Waals surface area contributed by atoms with E-state index < -0.39 is 0 Å². The summed E-state index contributed by atoms with van der Waals surface area (Å²) >= 11 is 0. The number of nitrogens with zero attached hydrogens (tertiary/aromatic N) is 6. The molecule has 2 aromatic heterocycles. The van der Waals surface area contributed by atoms with Gasteiger partial charge in [-0.2, -0.15) is 5.10 Å². The molecular weight excluding hydrogens is 475 g/mol. The lowest BCUT2D eigenvalue weighted by Crippen LogP contribution is -2.48. The summed E-state index contributed by atoms with van der Waals surface area (Å²) in [6.07, 6.45) is 3.76. The van der Waals surface area contributed by atoms with E-state index in [2.05, 4.69) is 80.5 Å². The molecule has 1 saturated heterocycles.